The smallest absolute Gasteiger partial charge is 0.402 e. The van der Waals surface area contributed by atoms with Crippen LogP contribution in [0.15, 0.2) is 66.7 Å². The molecule has 4 aromatic carbocycles. The Morgan fingerprint density at radius 2 is 1.26 bits per heavy atom. The Morgan fingerprint density at radius 3 is 1.96 bits per heavy atom. The maximum atomic E-state index is 7.17. The zero-order valence-electron chi connectivity index (χ0n) is 12.8. The second kappa shape index (κ2) is 7.65. The van der Waals surface area contributed by atoms with Gasteiger partial charge in [0.15, 0.2) is 0 Å². The van der Waals surface area contributed by atoms with Gasteiger partial charge in [-0.25, -0.2) is 0 Å². The van der Waals surface area contributed by atoms with E-state index in [1.807, 2.05) is 12.1 Å². The summed E-state index contributed by atoms with van der Waals surface area (Å²) in [5.41, 5.74) is 0. The minimum atomic E-state index is -2.17. The molecule has 4 aromatic rings. The molecule has 0 unspecified atom stereocenters. The van der Waals surface area contributed by atoms with Crippen molar-refractivity contribution in [1.29, 1.82) is 0 Å². The second-order valence-corrected chi connectivity index (χ2v) is 4.97. The monoisotopic (exact) mass is 296 g/mol. The third kappa shape index (κ3) is 3.94. The van der Waals surface area contributed by atoms with Crippen molar-refractivity contribution < 1.29 is 33.9 Å². The van der Waals surface area contributed by atoms with Crippen LogP contribution in [0.5, 0.6) is 0 Å². The molecule has 0 aliphatic heterocycles. The van der Waals surface area contributed by atoms with E-state index >= 15 is 0 Å². The van der Waals surface area contributed by atoms with Crippen LogP contribution in [-0.4, -0.2) is 22.4 Å². The molecule has 0 spiro atoms. The topological polar surface area (TPSA) is 60.7 Å². The predicted octanol–water partition coefficient (Wildman–Crippen LogP) is -0.101. The molecule has 0 atom stereocenters. The first-order chi connectivity index (χ1) is 10.6. The molecule has 3 nitrogen and oxygen atoms in total. The molecule has 0 heterocycles. The van der Waals surface area contributed by atoms with Gasteiger partial charge in [-0.3, -0.25) is 0 Å². The van der Waals surface area contributed by atoms with E-state index in [4.69, 9.17) is 15.1 Å². The van der Waals surface area contributed by atoms with Crippen LogP contribution >= 0.6 is 0 Å². The molecule has 0 aromatic heterocycles. The van der Waals surface area contributed by atoms with Crippen LogP contribution in [-0.2, 0) is 0 Å². The molecule has 5 heteroatoms. The number of rotatable bonds is 0. The van der Waals surface area contributed by atoms with Crippen molar-refractivity contribution in [2.45, 2.75) is 0 Å². The van der Waals surface area contributed by atoms with Crippen LogP contribution in [0.4, 0.5) is 0 Å². The minimum absolute atomic E-state index is 0. The molecule has 0 saturated heterocycles. The number of hydrogen-bond acceptors (Lipinski definition) is 3. The van der Waals surface area contributed by atoms with Gasteiger partial charge >= 0.3 is 26.2 Å². The van der Waals surface area contributed by atoms with Gasteiger partial charge in [0.05, 0.1) is 0 Å². The van der Waals surface area contributed by atoms with E-state index in [9.17, 15) is 0 Å². The fraction of sp³-hybridized carbons (Fsp3) is 0. The van der Waals surface area contributed by atoms with Gasteiger partial charge in [-0.1, -0.05) is 59.3 Å². The van der Waals surface area contributed by atoms with Crippen LogP contribution in [0.3, 0.4) is 0 Å². The number of fused-ring (bicyclic) bond motifs is 4. The molecule has 0 bridgehead atoms. The Bertz CT molecular complexity index is 932. The minimum Gasteiger partial charge on any atom is -0.402 e. The molecule has 3 N–H and O–H groups in total. The average molecular weight is 296 g/mol. The van der Waals surface area contributed by atoms with Gasteiger partial charge in [0.1, 0.15) is 0 Å². The number of benzene rings is 4. The first-order valence-electron chi connectivity index (χ1n) is 6.91. The molecule has 4 rings (SSSR count). The van der Waals surface area contributed by atoms with Crippen LogP contribution < -0.4 is 18.9 Å². The van der Waals surface area contributed by atoms with Gasteiger partial charge in [0.2, 0.25) is 0 Å². The van der Waals surface area contributed by atoms with Gasteiger partial charge in [-0.2, -0.15) is 0 Å². The van der Waals surface area contributed by atoms with E-state index in [1.54, 1.807) is 0 Å². The normalized spacial score (nSPS) is 10.0. The van der Waals surface area contributed by atoms with Crippen molar-refractivity contribution in [2.24, 2.45) is 0 Å². The van der Waals surface area contributed by atoms with Crippen molar-refractivity contribution in [1.82, 2.24) is 0 Å². The van der Waals surface area contributed by atoms with Crippen LogP contribution in [0.1, 0.15) is 0 Å². The van der Waals surface area contributed by atoms with E-state index in [2.05, 4.69) is 60.7 Å². The zero-order chi connectivity index (χ0) is 15.5. The molecule has 0 fully saturated rings. The van der Waals surface area contributed by atoms with E-state index < -0.39 is 7.32 Å². The molecule has 0 saturated carbocycles. The summed E-state index contributed by atoms with van der Waals surface area (Å²) >= 11 is 0. The summed E-state index contributed by atoms with van der Waals surface area (Å²) in [6, 6.07) is 26.9. The summed E-state index contributed by atoms with van der Waals surface area (Å²) in [5.74, 6) is 0. The van der Waals surface area contributed by atoms with E-state index in [0.29, 0.717) is 0 Å². The maximum absolute atomic E-state index is 7.17. The van der Waals surface area contributed by atoms with Crippen molar-refractivity contribution in [3.05, 3.63) is 72.8 Å². The van der Waals surface area contributed by atoms with Gasteiger partial charge < -0.3 is 15.1 Å². The summed E-state index contributed by atoms with van der Waals surface area (Å²) in [5, 5.41) is 29.1. The Labute approximate surface area is 146 Å². The number of hydrogen-bond donors (Lipinski definition) is 3. The van der Waals surface area contributed by atoms with E-state index in [1.165, 1.54) is 32.3 Å². The molecule has 0 aliphatic rings. The van der Waals surface area contributed by atoms with E-state index in [-0.39, 0.29) is 18.9 Å². The maximum Gasteiger partial charge on any atom is 1.00 e. The molecule has 23 heavy (non-hydrogen) atoms. The summed E-state index contributed by atoms with van der Waals surface area (Å²) in [7, 11) is -2.17. The molecular weight excluding hydrogens is 282 g/mol. The summed E-state index contributed by atoms with van der Waals surface area (Å²) in [6.07, 6.45) is 0. The van der Waals surface area contributed by atoms with Crippen molar-refractivity contribution in [2.75, 3.05) is 0 Å². The molecule has 0 radical (unpaired) electrons. The summed E-state index contributed by atoms with van der Waals surface area (Å²) in [6.45, 7) is 0. The Morgan fingerprint density at radius 1 is 0.696 bits per heavy atom. The van der Waals surface area contributed by atoms with Crippen molar-refractivity contribution in [3.8, 4) is 0 Å². The molecule has 0 amide bonds. The first kappa shape index (κ1) is 17.6. The largest absolute Gasteiger partial charge is 1.00 e. The quantitative estimate of drug-likeness (QED) is 0.184. The summed E-state index contributed by atoms with van der Waals surface area (Å²) in [4.78, 5) is 0. The van der Waals surface area contributed by atoms with Gasteiger partial charge in [0.25, 0.3) is 0 Å². The molecule has 0 aliphatic carbocycles. The van der Waals surface area contributed by atoms with E-state index in [0.717, 1.165) is 0 Å². The Balaban J connectivity index is 0.000000349. The second-order valence-electron chi connectivity index (χ2n) is 4.97. The predicted molar refractivity (Wildman–Crippen MR) is 90.2 cm³/mol. The van der Waals surface area contributed by atoms with Crippen LogP contribution in [0.25, 0.3) is 32.3 Å². The fourth-order valence-corrected chi connectivity index (χ4v) is 2.61. The van der Waals surface area contributed by atoms with Crippen molar-refractivity contribution in [3.63, 3.8) is 0 Å². The molecular formula is C18H14BLiO3. The first-order valence-corrected chi connectivity index (χ1v) is 6.91. The summed E-state index contributed by atoms with van der Waals surface area (Å²) < 4.78 is 0. The zero-order valence-corrected chi connectivity index (χ0v) is 12.8. The average Bonchev–Trinajstić information content (AvgIpc) is 2.52. The molecule has 108 valence electrons. The third-order valence-corrected chi connectivity index (χ3v) is 3.52. The van der Waals surface area contributed by atoms with Crippen LogP contribution in [0.2, 0.25) is 0 Å². The fourth-order valence-electron chi connectivity index (χ4n) is 2.61. The standard InChI is InChI=1S/C18H11.BH3O3.Li/c1-2-7-15-12-18-16(11-14(15)6-1)10-9-13-5-3-4-8-17(13)18;2-1(3)4;/h1-7,9-12H;2-4H;/q-1;;+1. The van der Waals surface area contributed by atoms with Gasteiger partial charge in [0, 0.05) is 0 Å². The van der Waals surface area contributed by atoms with Crippen molar-refractivity contribution >= 4 is 39.6 Å². The Kier molecular flexibility index (Phi) is 5.84. The Hall–Kier alpha value is -1.80. The SMILES string of the molecule is OB(O)O.[Li+].[c-]1cccc2ccc3cc4ccccc4cc3c12. The third-order valence-electron chi connectivity index (χ3n) is 3.52. The van der Waals surface area contributed by atoms with Crippen LogP contribution in [0, 0.1) is 6.07 Å². The van der Waals surface area contributed by atoms with Gasteiger partial charge in [-0.05, 0) is 10.8 Å². The van der Waals surface area contributed by atoms with Gasteiger partial charge in [-0.15, -0.1) is 35.0 Å².